The molecule has 0 aliphatic heterocycles. The van der Waals surface area contributed by atoms with Gasteiger partial charge in [-0.1, -0.05) is 27.9 Å². The Kier molecular flexibility index (Phi) is 4.42. The Bertz CT molecular complexity index is 722. The predicted molar refractivity (Wildman–Crippen MR) is 100 cm³/mol. The molecule has 18 radical (unpaired) electrons. The monoisotopic (exact) mass is 244 g/mol. The maximum atomic E-state index is 5.99. The van der Waals surface area contributed by atoms with Crippen molar-refractivity contribution in [2.45, 2.75) is 0 Å². The summed E-state index contributed by atoms with van der Waals surface area (Å²) in [6, 6.07) is 1.46. The molecule has 0 aromatic heterocycles. The summed E-state index contributed by atoms with van der Waals surface area (Å²) in [5.74, 6) is 0. The fourth-order valence-corrected chi connectivity index (χ4v) is 2.16. The first-order valence-corrected chi connectivity index (χ1v) is 5.93. The first kappa shape index (κ1) is 16.4. The van der Waals surface area contributed by atoms with Crippen LogP contribution in [0.25, 0.3) is 11.1 Å². The van der Waals surface area contributed by atoms with E-state index in [4.69, 9.17) is 70.6 Å². The lowest BCUT2D eigenvalue weighted by Gasteiger charge is -2.25. The average molecular weight is 242 g/mol. The van der Waals surface area contributed by atoms with E-state index in [-0.39, 0.29) is 49.2 Å². The summed E-state index contributed by atoms with van der Waals surface area (Å²) < 4.78 is 0. The van der Waals surface area contributed by atoms with Crippen molar-refractivity contribution in [2.24, 2.45) is 0 Å². The van der Waals surface area contributed by atoms with Crippen molar-refractivity contribution in [1.82, 2.24) is 0 Å². The molecule has 0 heterocycles. The molecule has 0 saturated heterocycles. The molecule has 0 fully saturated rings. The molecule has 0 aliphatic carbocycles. The van der Waals surface area contributed by atoms with Crippen LogP contribution in [0.2, 0.25) is 0 Å². The van der Waals surface area contributed by atoms with Gasteiger partial charge in [0.15, 0.2) is 0 Å². The summed E-state index contributed by atoms with van der Waals surface area (Å²) in [6.45, 7) is 0. The number of hydrogen-bond donors (Lipinski definition) is 0. The Morgan fingerprint density at radius 1 is 0.381 bits per heavy atom. The maximum absolute atomic E-state index is 5.99. The van der Waals surface area contributed by atoms with Crippen molar-refractivity contribution >= 4 is 120 Å². The van der Waals surface area contributed by atoms with Crippen molar-refractivity contribution < 1.29 is 0 Å². The van der Waals surface area contributed by atoms with Crippen LogP contribution in [0.3, 0.4) is 0 Å². The molecule has 21 heavy (non-hydrogen) atoms. The lowest BCUT2D eigenvalue weighted by Crippen LogP contribution is -2.56. The maximum Gasteiger partial charge on any atom is 0.114 e. The van der Waals surface area contributed by atoms with E-state index in [1.807, 2.05) is 0 Å². The second kappa shape index (κ2) is 5.67. The molecule has 0 nitrogen and oxygen atoms in total. The molecular weight excluding hydrogens is 241 g/mol. The summed E-state index contributed by atoms with van der Waals surface area (Å²) in [7, 11) is 52.9. The molecule has 0 aliphatic rings. The first-order valence-electron chi connectivity index (χ1n) is 5.93. The van der Waals surface area contributed by atoms with Gasteiger partial charge < -0.3 is 0 Å². The number of hydrogen-bond acceptors (Lipinski definition) is 0. The molecule has 76 valence electrons. The van der Waals surface area contributed by atoms with E-state index < -0.39 is 0 Å². The van der Waals surface area contributed by atoms with Gasteiger partial charge in [0, 0.05) is 0 Å². The third-order valence-electron chi connectivity index (χ3n) is 3.42. The van der Waals surface area contributed by atoms with Gasteiger partial charge in [-0.2, -0.15) is 0 Å². The normalized spacial score (nSPS) is 10.7. The predicted octanol–water partition coefficient (Wildman–Crippen LogP) is -7.50. The van der Waals surface area contributed by atoms with E-state index in [0.29, 0.717) is 11.1 Å². The molecule has 2 aromatic rings. The minimum absolute atomic E-state index is 0.103. The minimum Gasteiger partial charge on any atom is -0.112 e. The smallest absolute Gasteiger partial charge is 0.112 e. The SMILES string of the molecule is [B]c1cc([B])c(-c2c([B])c([B])c([B])c([B])c2[B])c([B])c1[B]. The lowest BCUT2D eigenvalue weighted by molar-refractivity contribution is 1.87. The summed E-state index contributed by atoms with van der Waals surface area (Å²) in [4.78, 5) is 0. The molecule has 0 bridgehead atoms. The molecule has 0 spiro atoms. The summed E-state index contributed by atoms with van der Waals surface area (Å²) in [5, 5.41) is 0. The van der Waals surface area contributed by atoms with E-state index in [0.717, 1.165) is 0 Å². The van der Waals surface area contributed by atoms with Gasteiger partial charge in [-0.05, 0) is 11.1 Å². The largest absolute Gasteiger partial charge is 0.114 e. The van der Waals surface area contributed by atoms with Crippen LogP contribution in [0, 0.1) is 0 Å². The third kappa shape index (κ3) is 2.49. The fraction of sp³-hybridized carbons (Fsp3) is 0. The zero-order valence-electron chi connectivity index (χ0n) is 11.3. The molecule has 2 rings (SSSR count). The Balaban J connectivity index is 2.96. The summed E-state index contributed by atoms with van der Waals surface area (Å²) >= 11 is 0. The van der Waals surface area contributed by atoms with Crippen LogP contribution in [0.1, 0.15) is 0 Å². The van der Waals surface area contributed by atoms with Crippen molar-refractivity contribution in [1.29, 1.82) is 0 Å². The first-order chi connectivity index (χ1) is 9.68. The summed E-state index contributed by atoms with van der Waals surface area (Å²) in [6.07, 6.45) is 0. The highest BCUT2D eigenvalue weighted by Crippen LogP contribution is 2.05. The highest BCUT2D eigenvalue weighted by Gasteiger charge is 2.16. The second-order valence-electron chi connectivity index (χ2n) is 4.70. The van der Waals surface area contributed by atoms with Gasteiger partial charge in [-0.25, -0.2) is 0 Å². The van der Waals surface area contributed by atoms with Crippen molar-refractivity contribution in [3.8, 4) is 11.1 Å². The molecule has 0 atom stereocenters. The molecule has 0 unspecified atom stereocenters. The van der Waals surface area contributed by atoms with E-state index in [9.17, 15) is 0 Å². The summed E-state index contributed by atoms with van der Waals surface area (Å²) in [5.41, 5.74) is 2.01. The Morgan fingerprint density at radius 3 is 1.24 bits per heavy atom. The van der Waals surface area contributed by atoms with Crippen LogP contribution in [0.5, 0.6) is 0 Å². The van der Waals surface area contributed by atoms with Gasteiger partial charge in [-0.15, -0.1) is 27.3 Å². The standard InChI is InChI=1S/C12HB9/c13-2-1-3(14)6(15)7(16)4(2)5-8(17)10(19)12(21)11(20)9(5)18/h1H. The lowest BCUT2D eigenvalue weighted by atomic mass is 9.57. The molecular formula is C12HB9. The number of benzene rings is 2. The Labute approximate surface area is 137 Å². The van der Waals surface area contributed by atoms with Gasteiger partial charge in [0.1, 0.15) is 70.6 Å². The molecule has 0 N–H and O–H groups in total. The third-order valence-corrected chi connectivity index (χ3v) is 3.42. The highest BCUT2D eigenvalue weighted by atomic mass is 14.1. The van der Waals surface area contributed by atoms with Gasteiger partial charge in [0.05, 0.1) is 0 Å². The Morgan fingerprint density at radius 2 is 0.762 bits per heavy atom. The van der Waals surface area contributed by atoms with Crippen LogP contribution < -0.4 is 49.2 Å². The molecule has 2 aromatic carbocycles. The van der Waals surface area contributed by atoms with E-state index >= 15 is 0 Å². The van der Waals surface area contributed by atoms with Gasteiger partial charge >= 0.3 is 0 Å². The highest BCUT2D eigenvalue weighted by molar-refractivity contribution is 6.70. The van der Waals surface area contributed by atoms with Crippen LogP contribution >= 0.6 is 0 Å². The van der Waals surface area contributed by atoms with Gasteiger partial charge in [-0.3, -0.25) is 0 Å². The topological polar surface area (TPSA) is 0 Å². The second-order valence-corrected chi connectivity index (χ2v) is 4.70. The van der Waals surface area contributed by atoms with E-state index in [2.05, 4.69) is 0 Å². The van der Waals surface area contributed by atoms with Crippen LogP contribution in [0.15, 0.2) is 6.07 Å². The molecule has 0 saturated carbocycles. The molecule has 9 heteroatoms. The van der Waals surface area contributed by atoms with Crippen molar-refractivity contribution in [3.63, 3.8) is 0 Å². The number of rotatable bonds is 1. The van der Waals surface area contributed by atoms with Crippen molar-refractivity contribution in [2.75, 3.05) is 0 Å². The fourth-order valence-electron chi connectivity index (χ4n) is 2.16. The van der Waals surface area contributed by atoms with E-state index in [1.165, 1.54) is 6.07 Å². The Hall–Kier alpha value is -0.976. The van der Waals surface area contributed by atoms with Crippen LogP contribution in [0.4, 0.5) is 0 Å². The van der Waals surface area contributed by atoms with Crippen LogP contribution in [-0.4, -0.2) is 70.6 Å². The van der Waals surface area contributed by atoms with Crippen molar-refractivity contribution in [3.05, 3.63) is 6.07 Å². The van der Waals surface area contributed by atoms with Crippen LogP contribution in [-0.2, 0) is 0 Å². The zero-order valence-corrected chi connectivity index (χ0v) is 11.3. The van der Waals surface area contributed by atoms with Gasteiger partial charge in [0.25, 0.3) is 0 Å². The van der Waals surface area contributed by atoms with Gasteiger partial charge in [0.2, 0.25) is 0 Å². The quantitative estimate of drug-likeness (QED) is 0.436. The average Bonchev–Trinajstić information content (AvgIpc) is 2.44. The minimum atomic E-state index is 0.103. The zero-order chi connectivity index (χ0) is 16.1. The molecule has 0 amide bonds. The van der Waals surface area contributed by atoms with E-state index in [1.54, 1.807) is 0 Å².